The summed E-state index contributed by atoms with van der Waals surface area (Å²) in [4.78, 5) is 75.7. The van der Waals surface area contributed by atoms with Crippen LogP contribution in [0, 0.1) is 5.92 Å². The topological polar surface area (TPSA) is 278 Å². The van der Waals surface area contributed by atoms with E-state index >= 15 is 0 Å². The number of hydrogen-bond acceptors (Lipinski definition) is 19. The van der Waals surface area contributed by atoms with E-state index in [9.17, 15) is 49.2 Å². The first kappa shape index (κ1) is 43.8. The minimum Gasteiger partial charge on any atom is -0.497 e. The molecule has 1 amide bonds. The number of carbonyl (C=O) groups is 6. The summed E-state index contributed by atoms with van der Waals surface area (Å²) in [5.41, 5.74) is -2.79. The van der Waals surface area contributed by atoms with Gasteiger partial charge >= 0.3 is 29.8 Å². The van der Waals surface area contributed by atoms with Gasteiger partial charge in [-0.3, -0.25) is 24.0 Å². The number of amides is 1. The average molecular weight is 774 g/mol. The summed E-state index contributed by atoms with van der Waals surface area (Å²) in [5, 5.41) is 48.0. The Kier molecular flexibility index (Phi) is 15.5. The second-order valence-corrected chi connectivity index (χ2v) is 12.6. The molecule has 0 unspecified atom stereocenters. The lowest BCUT2D eigenvalue weighted by atomic mass is 9.72. The molecule has 5 N–H and O–H groups in total. The molecule has 0 radical (unpaired) electrons. The van der Waals surface area contributed by atoms with Crippen molar-refractivity contribution in [3.8, 4) is 11.5 Å². The minimum atomic E-state index is -2.79. The fourth-order valence-corrected chi connectivity index (χ4v) is 6.47. The van der Waals surface area contributed by atoms with Gasteiger partial charge in [-0.1, -0.05) is 0 Å². The highest BCUT2D eigenvalue weighted by Gasteiger charge is 2.65. The normalized spacial score (nSPS) is 29.6. The Morgan fingerprint density at radius 3 is 2.00 bits per heavy atom. The third-order valence-corrected chi connectivity index (χ3v) is 8.68. The van der Waals surface area contributed by atoms with Crippen molar-refractivity contribution >= 4 is 35.8 Å². The molecule has 2 aliphatic rings. The molecule has 54 heavy (non-hydrogen) atoms. The summed E-state index contributed by atoms with van der Waals surface area (Å²) < 4.78 is 49.4. The van der Waals surface area contributed by atoms with Crippen molar-refractivity contribution in [1.82, 2.24) is 5.32 Å². The van der Waals surface area contributed by atoms with Gasteiger partial charge in [-0.15, -0.1) is 0 Å². The van der Waals surface area contributed by atoms with E-state index in [1.807, 2.05) is 0 Å². The maximum absolute atomic E-state index is 14.0. The molecule has 1 aromatic rings. The van der Waals surface area contributed by atoms with E-state index in [-0.39, 0.29) is 5.75 Å². The zero-order valence-electron chi connectivity index (χ0n) is 30.7. The molecule has 20 heteroatoms. The number of aliphatic hydroxyl groups is 4. The molecular weight excluding hydrogens is 726 g/mol. The summed E-state index contributed by atoms with van der Waals surface area (Å²) in [5.74, 6) is -7.20. The number of esters is 5. The second-order valence-electron chi connectivity index (χ2n) is 12.6. The summed E-state index contributed by atoms with van der Waals surface area (Å²) >= 11 is 0. The lowest BCUT2D eigenvalue weighted by Crippen LogP contribution is -2.74. The first-order chi connectivity index (χ1) is 25.4. The van der Waals surface area contributed by atoms with Crippen molar-refractivity contribution < 1.29 is 91.8 Å². The molecule has 3 rings (SSSR count). The average Bonchev–Trinajstić information content (AvgIpc) is 3.10. The third-order valence-electron chi connectivity index (χ3n) is 8.68. The van der Waals surface area contributed by atoms with Crippen molar-refractivity contribution in [2.45, 2.75) is 108 Å². The molecule has 12 atom stereocenters. The number of carbonyl (C=O) groups excluding carboxylic acids is 6. The molecule has 2 fully saturated rings. The number of benzene rings is 1. The Bertz CT molecular complexity index is 1490. The maximum Gasteiger partial charge on any atom is 0.341 e. The van der Waals surface area contributed by atoms with E-state index in [0.717, 1.165) is 41.7 Å². The van der Waals surface area contributed by atoms with Crippen LogP contribution in [0.1, 0.15) is 41.0 Å². The zero-order valence-corrected chi connectivity index (χ0v) is 30.7. The number of hydrogen-bond donors (Lipinski definition) is 5. The standard InChI is InChI=1S/C34H47NO19/c1-15(37)35-26-22(49-17(3)39)12-34(33(45)47-7,54-30(26)29(51-19(5)41)24(50-18(4)40)14-48-16(2)38)31(44)25-27(42)23(13-36)53-32(28(25)43)52-21-10-8-20(46-6)9-11-21/h8-11,22-32,36,42-44H,12-14H2,1-7H3,(H,35,37)/t22-,23+,24+,25-,26+,27-,28+,29+,30+,31+,32+,34-/m0/s1. The highest BCUT2D eigenvalue weighted by molar-refractivity contribution is 5.81. The first-order valence-corrected chi connectivity index (χ1v) is 16.7. The minimum absolute atomic E-state index is 0.124. The maximum atomic E-state index is 14.0. The summed E-state index contributed by atoms with van der Waals surface area (Å²) in [6, 6.07) is 4.43. The third kappa shape index (κ3) is 10.5. The lowest BCUT2D eigenvalue weighted by Gasteiger charge is -2.53. The Morgan fingerprint density at radius 2 is 1.50 bits per heavy atom. The monoisotopic (exact) mass is 773 g/mol. The van der Waals surface area contributed by atoms with Crippen LogP contribution in [0.3, 0.4) is 0 Å². The molecular formula is C34H47NO19. The smallest absolute Gasteiger partial charge is 0.341 e. The number of ether oxygens (including phenoxy) is 9. The van der Waals surface area contributed by atoms with Crippen LogP contribution in [0.4, 0.5) is 0 Å². The fraction of sp³-hybridized carbons (Fsp3) is 0.647. The van der Waals surface area contributed by atoms with Gasteiger partial charge in [-0.05, 0) is 24.3 Å². The predicted molar refractivity (Wildman–Crippen MR) is 176 cm³/mol. The number of rotatable bonds is 15. The van der Waals surface area contributed by atoms with Gasteiger partial charge in [0.15, 0.2) is 17.8 Å². The highest BCUT2D eigenvalue weighted by Crippen LogP contribution is 2.43. The Hall–Kier alpha value is -4.60. The van der Waals surface area contributed by atoms with Crippen molar-refractivity contribution in [2.24, 2.45) is 5.92 Å². The Labute approximate surface area is 309 Å². The SMILES string of the molecule is COC(=O)[C@@]1([C@H](O)[C@H]2[C@@H](O)[C@@H](CO)O[C@@H](Oc3ccc(OC)cc3)[C@@H]2O)C[C@H](OC(C)=O)[C@@H](NC(C)=O)[C@H]([C@H](OC(C)=O)[C@@H](COC(C)=O)OC(C)=O)O1. The molecule has 2 heterocycles. The van der Waals surface area contributed by atoms with Crippen LogP contribution in [0.5, 0.6) is 11.5 Å². The lowest BCUT2D eigenvalue weighted by molar-refractivity contribution is -0.306. The summed E-state index contributed by atoms with van der Waals surface area (Å²) in [6.45, 7) is 3.42. The molecule has 1 aromatic carbocycles. The summed E-state index contributed by atoms with van der Waals surface area (Å²) in [7, 11) is 2.35. The molecule has 0 bridgehead atoms. The van der Waals surface area contributed by atoms with Crippen LogP contribution in [0.15, 0.2) is 24.3 Å². The molecule has 2 saturated heterocycles. The van der Waals surface area contributed by atoms with Gasteiger partial charge in [-0.2, -0.15) is 0 Å². The van der Waals surface area contributed by atoms with E-state index in [0.29, 0.717) is 5.75 Å². The van der Waals surface area contributed by atoms with Gasteiger partial charge in [0.2, 0.25) is 12.2 Å². The van der Waals surface area contributed by atoms with E-state index in [4.69, 9.17) is 42.6 Å². The molecule has 20 nitrogen and oxygen atoms in total. The molecule has 0 spiro atoms. The van der Waals surface area contributed by atoms with Crippen LogP contribution in [-0.2, 0) is 61.9 Å². The van der Waals surface area contributed by atoms with Gasteiger partial charge in [0.25, 0.3) is 0 Å². The van der Waals surface area contributed by atoms with Gasteiger partial charge in [0, 0.05) is 47.0 Å². The van der Waals surface area contributed by atoms with Gasteiger partial charge in [-0.25, -0.2) is 4.79 Å². The highest BCUT2D eigenvalue weighted by atomic mass is 16.7. The van der Waals surface area contributed by atoms with Crippen LogP contribution >= 0.6 is 0 Å². The van der Waals surface area contributed by atoms with Crippen LogP contribution in [0.2, 0.25) is 0 Å². The Balaban J connectivity index is 2.26. The first-order valence-electron chi connectivity index (χ1n) is 16.7. The molecule has 2 aliphatic heterocycles. The number of aliphatic hydroxyl groups excluding tert-OH is 4. The van der Waals surface area contributed by atoms with E-state index in [1.54, 1.807) is 0 Å². The Morgan fingerprint density at radius 1 is 0.889 bits per heavy atom. The molecule has 0 aromatic heterocycles. The van der Waals surface area contributed by atoms with Crippen molar-refractivity contribution in [3.63, 3.8) is 0 Å². The molecule has 0 aliphatic carbocycles. The van der Waals surface area contributed by atoms with E-state index in [1.165, 1.54) is 31.4 Å². The van der Waals surface area contributed by atoms with Gasteiger partial charge in [0.1, 0.15) is 48.6 Å². The largest absolute Gasteiger partial charge is 0.497 e. The quantitative estimate of drug-likeness (QED) is 0.0957. The zero-order chi connectivity index (χ0) is 40.5. The van der Waals surface area contributed by atoms with Crippen LogP contribution < -0.4 is 14.8 Å². The summed E-state index contributed by atoms with van der Waals surface area (Å²) in [6.07, 6.45) is -17.5. The van der Waals surface area contributed by atoms with Gasteiger partial charge < -0.3 is 68.4 Å². The van der Waals surface area contributed by atoms with Crippen LogP contribution in [-0.4, -0.2) is 150 Å². The second kappa shape index (κ2) is 19.1. The van der Waals surface area contributed by atoms with Crippen LogP contribution in [0.25, 0.3) is 0 Å². The molecule has 302 valence electrons. The number of nitrogens with one attached hydrogen (secondary N) is 1. The van der Waals surface area contributed by atoms with E-state index in [2.05, 4.69) is 5.32 Å². The van der Waals surface area contributed by atoms with Crippen molar-refractivity contribution in [1.29, 1.82) is 0 Å². The van der Waals surface area contributed by atoms with Crippen molar-refractivity contribution in [3.05, 3.63) is 24.3 Å². The van der Waals surface area contributed by atoms with E-state index < -0.39 is 128 Å². The predicted octanol–water partition coefficient (Wildman–Crippen LogP) is -1.95. The van der Waals surface area contributed by atoms with Gasteiger partial charge in [0.05, 0.1) is 33.0 Å². The fourth-order valence-electron chi connectivity index (χ4n) is 6.47. The van der Waals surface area contributed by atoms with Crippen molar-refractivity contribution in [2.75, 3.05) is 27.4 Å². The molecule has 0 saturated carbocycles. The number of methoxy groups -OCH3 is 2.